The normalized spacial score (nSPS) is 14.4. The number of unbranched alkanes of at least 4 members (excludes halogenated alkanes) is 4. The number of carbonyl (C=O) groups is 2. The van der Waals surface area contributed by atoms with Gasteiger partial charge in [0.2, 0.25) is 0 Å². The SMILES string of the molecule is CCCCCCCC(C)C(C=O)NC(=O)OC(C)(C)C. The highest BCUT2D eigenvalue weighted by atomic mass is 16.6. The molecule has 0 radical (unpaired) electrons. The Morgan fingerprint density at radius 2 is 1.80 bits per heavy atom. The number of amides is 1. The second kappa shape index (κ2) is 9.78. The van der Waals surface area contributed by atoms with Gasteiger partial charge in [-0.2, -0.15) is 0 Å². The Hall–Kier alpha value is -1.06. The lowest BCUT2D eigenvalue weighted by Crippen LogP contribution is -2.43. The first kappa shape index (κ1) is 18.9. The molecule has 0 aromatic carbocycles. The summed E-state index contributed by atoms with van der Waals surface area (Å²) in [5.41, 5.74) is -0.541. The molecule has 0 rings (SSSR count). The van der Waals surface area contributed by atoms with E-state index in [4.69, 9.17) is 4.74 Å². The van der Waals surface area contributed by atoms with E-state index in [9.17, 15) is 9.59 Å². The van der Waals surface area contributed by atoms with E-state index in [0.717, 1.165) is 19.1 Å². The van der Waals surface area contributed by atoms with Gasteiger partial charge < -0.3 is 14.8 Å². The van der Waals surface area contributed by atoms with Crippen molar-refractivity contribution in [3.8, 4) is 0 Å². The van der Waals surface area contributed by atoms with Crippen LogP contribution in [0.15, 0.2) is 0 Å². The van der Waals surface area contributed by atoms with Crippen molar-refractivity contribution in [2.24, 2.45) is 5.92 Å². The minimum atomic E-state index is -0.541. The van der Waals surface area contributed by atoms with Crippen molar-refractivity contribution in [3.63, 3.8) is 0 Å². The lowest BCUT2D eigenvalue weighted by molar-refractivity contribution is -0.110. The van der Waals surface area contributed by atoms with Crippen LogP contribution in [0.25, 0.3) is 0 Å². The monoisotopic (exact) mass is 285 g/mol. The Morgan fingerprint density at radius 1 is 1.20 bits per heavy atom. The van der Waals surface area contributed by atoms with Crippen molar-refractivity contribution in [1.29, 1.82) is 0 Å². The van der Waals surface area contributed by atoms with Crippen LogP contribution in [0.1, 0.15) is 73.1 Å². The zero-order valence-electron chi connectivity index (χ0n) is 13.7. The first-order chi connectivity index (χ1) is 9.30. The summed E-state index contributed by atoms with van der Waals surface area (Å²) in [4.78, 5) is 22.8. The highest BCUT2D eigenvalue weighted by Gasteiger charge is 2.22. The van der Waals surface area contributed by atoms with E-state index < -0.39 is 17.7 Å². The minimum Gasteiger partial charge on any atom is -0.444 e. The number of hydrogen-bond donors (Lipinski definition) is 1. The van der Waals surface area contributed by atoms with Crippen LogP contribution >= 0.6 is 0 Å². The van der Waals surface area contributed by atoms with E-state index in [1.54, 1.807) is 20.8 Å². The Kier molecular flexibility index (Phi) is 9.26. The van der Waals surface area contributed by atoms with Gasteiger partial charge >= 0.3 is 6.09 Å². The fourth-order valence-corrected chi connectivity index (χ4v) is 2.00. The van der Waals surface area contributed by atoms with Gasteiger partial charge in [0.25, 0.3) is 0 Å². The standard InChI is InChI=1S/C16H31NO3/c1-6-7-8-9-10-11-13(2)14(12-18)17-15(19)20-16(3,4)5/h12-14H,6-11H2,1-5H3,(H,17,19). The lowest BCUT2D eigenvalue weighted by atomic mass is 9.96. The topological polar surface area (TPSA) is 55.4 Å². The molecule has 0 heterocycles. The average molecular weight is 285 g/mol. The summed E-state index contributed by atoms with van der Waals surface area (Å²) in [7, 11) is 0. The average Bonchev–Trinajstić information content (AvgIpc) is 2.33. The molecule has 0 aromatic rings. The van der Waals surface area contributed by atoms with Crippen molar-refractivity contribution >= 4 is 12.4 Å². The molecule has 0 saturated heterocycles. The number of carbonyl (C=O) groups excluding carboxylic acids is 2. The third kappa shape index (κ3) is 9.82. The second-order valence-electron chi connectivity index (χ2n) is 6.49. The predicted molar refractivity (Wildman–Crippen MR) is 81.8 cm³/mol. The number of nitrogens with one attached hydrogen (secondary N) is 1. The smallest absolute Gasteiger partial charge is 0.408 e. The summed E-state index contributed by atoms with van der Waals surface area (Å²) in [5, 5.41) is 2.65. The van der Waals surface area contributed by atoms with Gasteiger partial charge in [0.05, 0.1) is 6.04 Å². The minimum absolute atomic E-state index is 0.140. The molecule has 0 saturated carbocycles. The summed E-state index contributed by atoms with van der Waals surface area (Å²) in [6.07, 6.45) is 7.26. The number of aldehydes is 1. The second-order valence-corrected chi connectivity index (χ2v) is 6.49. The summed E-state index contributed by atoms with van der Waals surface area (Å²) in [5.74, 6) is 0.140. The van der Waals surface area contributed by atoms with E-state index in [1.165, 1.54) is 25.7 Å². The molecule has 1 N–H and O–H groups in total. The number of hydrogen-bond acceptors (Lipinski definition) is 3. The quantitative estimate of drug-likeness (QED) is 0.513. The summed E-state index contributed by atoms with van der Waals surface area (Å²) < 4.78 is 5.17. The van der Waals surface area contributed by atoms with Crippen molar-refractivity contribution in [1.82, 2.24) is 5.32 Å². The molecular formula is C16H31NO3. The van der Waals surface area contributed by atoms with Crippen LogP contribution in [0.5, 0.6) is 0 Å². The highest BCUT2D eigenvalue weighted by Crippen LogP contribution is 2.15. The maximum atomic E-state index is 11.7. The van der Waals surface area contributed by atoms with E-state index in [1.807, 2.05) is 6.92 Å². The molecule has 0 aliphatic rings. The van der Waals surface area contributed by atoms with Gasteiger partial charge in [0.15, 0.2) is 0 Å². The highest BCUT2D eigenvalue weighted by molar-refractivity contribution is 5.73. The van der Waals surface area contributed by atoms with Crippen molar-refractivity contribution in [2.45, 2.75) is 84.8 Å². The Bertz CT molecular complexity index is 284. The number of alkyl carbamates (subject to hydrolysis) is 1. The largest absolute Gasteiger partial charge is 0.444 e. The third-order valence-corrected chi connectivity index (χ3v) is 3.21. The number of rotatable bonds is 9. The van der Waals surface area contributed by atoms with E-state index in [2.05, 4.69) is 12.2 Å². The molecule has 0 aliphatic heterocycles. The molecule has 0 aliphatic carbocycles. The third-order valence-electron chi connectivity index (χ3n) is 3.21. The van der Waals surface area contributed by atoms with E-state index in [-0.39, 0.29) is 5.92 Å². The van der Waals surface area contributed by atoms with Crippen molar-refractivity contribution in [3.05, 3.63) is 0 Å². The summed E-state index contributed by atoms with van der Waals surface area (Å²) >= 11 is 0. The Morgan fingerprint density at radius 3 is 2.30 bits per heavy atom. The molecule has 0 spiro atoms. The van der Waals surface area contributed by atoms with Crippen LogP contribution in [0.4, 0.5) is 4.79 Å². The molecule has 2 atom stereocenters. The molecule has 4 nitrogen and oxygen atoms in total. The molecule has 0 aromatic heterocycles. The Labute approximate surface area is 123 Å². The van der Waals surface area contributed by atoms with Crippen LogP contribution in [-0.2, 0) is 9.53 Å². The zero-order valence-corrected chi connectivity index (χ0v) is 13.7. The van der Waals surface area contributed by atoms with Gasteiger partial charge in [-0.25, -0.2) is 4.79 Å². The van der Waals surface area contributed by atoms with Crippen LogP contribution in [0.2, 0.25) is 0 Å². The van der Waals surface area contributed by atoms with Gasteiger partial charge in [0, 0.05) is 0 Å². The van der Waals surface area contributed by atoms with Crippen molar-refractivity contribution in [2.75, 3.05) is 0 Å². The summed E-state index contributed by atoms with van der Waals surface area (Å²) in [6, 6.07) is -0.462. The maximum absolute atomic E-state index is 11.7. The van der Waals surface area contributed by atoms with E-state index >= 15 is 0 Å². The molecule has 0 fully saturated rings. The molecule has 2 unspecified atom stereocenters. The molecule has 4 heteroatoms. The lowest BCUT2D eigenvalue weighted by Gasteiger charge is -2.24. The van der Waals surface area contributed by atoms with Gasteiger partial charge in [-0.05, 0) is 33.1 Å². The van der Waals surface area contributed by atoms with Crippen LogP contribution in [-0.4, -0.2) is 24.0 Å². The molecule has 118 valence electrons. The van der Waals surface area contributed by atoms with Crippen LogP contribution in [0.3, 0.4) is 0 Å². The zero-order chi connectivity index (χ0) is 15.6. The predicted octanol–water partition coefficient (Wildman–Crippen LogP) is 4.08. The molecule has 20 heavy (non-hydrogen) atoms. The van der Waals surface area contributed by atoms with Gasteiger partial charge in [0.1, 0.15) is 11.9 Å². The first-order valence-electron chi connectivity index (χ1n) is 7.75. The molecule has 0 bridgehead atoms. The van der Waals surface area contributed by atoms with E-state index in [0.29, 0.717) is 0 Å². The maximum Gasteiger partial charge on any atom is 0.408 e. The first-order valence-corrected chi connectivity index (χ1v) is 7.75. The van der Waals surface area contributed by atoms with Crippen molar-refractivity contribution < 1.29 is 14.3 Å². The van der Waals surface area contributed by atoms with Crippen LogP contribution < -0.4 is 5.32 Å². The number of ether oxygens (including phenoxy) is 1. The molecule has 1 amide bonds. The fraction of sp³-hybridized carbons (Fsp3) is 0.875. The Balaban J connectivity index is 4.05. The summed E-state index contributed by atoms with van der Waals surface area (Å²) in [6.45, 7) is 9.60. The van der Waals surface area contributed by atoms with Gasteiger partial charge in [-0.3, -0.25) is 0 Å². The van der Waals surface area contributed by atoms with Gasteiger partial charge in [-0.15, -0.1) is 0 Å². The molecular weight excluding hydrogens is 254 g/mol. The van der Waals surface area contributed by atoms with Crippen LogP contribution in [0, 0.1) is 5.92 Å². The fourth-order valence-electron chi connectivity index (χ4n) is 2.00. The van der Waals surface area contributed by atoms with Gasteiger partial charge in [-0.1, -0.05) is 46.0 Å².